The molecule has 3 rings (SSSR count). The number of halogens is 1. The maximum atomic E-state index is 12.2. The van der Waals surface area contributed by atoms with Gasteiger partial charge in [0.15, 0.2) is 6.61 Å². The Morgan fingerprint density at radius 1 is 0.966 bits per heavy atom. The Balaban J connectivity index is 1.47. The Bertz CT molecular complexity index is 988. The van der Waals surface area contributed by atoms with Gasteiger partial charge in [-0.3, -0.25) is 4.79 Å². The highest BCUT2D eigenvalue weighted by Crippen LogP contribution is 2.21. The largest absolute Gasteiger partial charge is 0.482 e. The molecule has 0 atom stereocenters. The molecule has 0 saturated carbocycles. The minimum absolute atomic E-state index is 0.0996. The van der Waals surface area contributed by atoms with E-state index in [-0.39, 0.29) is 19.1 Å². The van der Waals surface area contributed by atoms with Gasteiger partial charge in [0.25, 0.3) is 5.91 Å². The average molecular weight is 410 g/mol. The highest BCUT2D eigenvalue weighted by Gasteiger charge is 2.09. The maximum absolute atomic E-state index is 12.2. The fourth-order valence-electron chi connectivity index (χ4n) is 2.59. The summed E-state index contributed by atoms with van der Waals surface area (Å²) in [6.07, 6.45) is 0. The van der Waals surface area contributed by atoms with Crippen LogP contribution in [0.3, 0.4) is 0 Å². The Morgan fingerprint density at radius 3 is 2.38 bits per heavy atom. The molecule has 3 aromatic carbocycles. The second-order valence-corrected chi connectivity index (χ2v) is 6.81. The number of aryl methyl sites for hydroxylation is 1. The van der Waals surface area contributed by atoms with E-state index < -0.39 is 5.97 Å². The third-order valence-corrected chi connectivity index (χ3v) is 4.37. The molecule has 5 nitrogen and oxygen atoms in total. The van der Waals surface area contributed by atoms with Crippen LogP contribution in [0.15, 0.2) is 72.8 Å². The summed E-state index contributed by atoms with van der Waals surface area (Å²) >= 11 is 5.90. The van der Waals surface area contributed by atoms with Gasteiger partial charge in [-0.15, -0.1) is 0 Å². The zero-order chi connectivity index (χ0) is 20.6. The average Bonchev–Trinajstić information content (AvgIpc) is 2.72. The lowest BCUT2D eigenvalue weighted by Gasteiger charge is -2.10. The van der Waals surface area contributed by atoms with Gasteiger partial charge in [0.2, 0.25) is 0 Å². The smallest absolute Gasteiger partial charge is 0.344 e. The summed E-state index contributed by atoms with van der Waals surface area (Å²) in [4.78, 5) is 24.1. The molecule has 0 saturated heterocycles. The summed E-state index contributed by atoms with van der Waals surface area (Å²) < 4.78 is 10.7. The van der Waals surface area contributed by atoms with Crippen molar-refractivity contribution >= 4 is 29.2 Å². The van der Waals surface area contributed by atoms with Gasteiger partial charge < -0.3 is 14.8 Å². The van der Waals surface area contributed by atoms with Crippen LogP contribution >= 0.6 is 11.6 Å². The summed E-state index contributed by atoms with van der Waals surface area (Å²) in [6.45, 7) is 1.75. The Hall–Kier alpha value is -3.31. The van der Waals surface area contributed by atoms with Crippen molar-refractivity contribution in [1.29, 1.82) is 0 Å². The molecule has 0 unspecified atom stereocenters. The molecule has 0 radical (unpaired) electrons. The van der Waals surface area contributed by atoms with Gasteiger partial charge >= 0.3 is 5.97 Å². The van der Waals surface area contributed by atoms with E-state index in [2.05, 4.69) is 5.32 Å². The first-order valence-electron chi connectivity index (χ1n) is 9.01. The van der Waals surface area contributed by atoms with Gasteiger partial charge in [-0.1, -0.05) is 41.9 Å². The highest BCUT2D eigenvalue weighted by molar-refractivity contribution is 6.30. The van der Waals surface area contributed by atoms with Crippen LogP contribution in [0, 0.1) is 6.92 Å². The number of anilines is 1. The molecule has 1 N–H and O–H groups in total. The van der Waals surface area contributed by atoms with Crippen molar-refractivity contribution in [3.8, 4) is 5.75 Å². The predicted molar refractivity (Wildman–Crippen MR) is 112 cm³/mol. The second kappa shape index (κ2) is 9.75. The fourth-order valence-corrected chi connectivity index (χ4v) is 2.82. The van der Waals surface area contributed by atoms with Gasteiger partial charge in [-0.2, -0.15) is 0 Å². The number of amides is 1. The van der Waals surface area contributed by atoms with E-state index in [9.17, 15) is 9.59 Å². The third-order valence-electron chi connectivity index (χ3n) is 4.13. The van der Waals surface area contributed by atoms with Gasteiger partial charge in [0, 0.05) is 16.3 Å². The van der Waals surface area contributed by atoms with E-state index in [1.165, 1.54) is 0 Å². The van der Waals surface area contributed by atoms with E-state index >= 15 is 0 Å². The molecule has 148 valence electrons. The highest BCUT2D eigenvalue weighted by atomic mass is 35.5. The number of ether oxygens (including phenoxy) is 2. The first-order chi connectivity index (χ1) is 14.0. The van der Waals surface area contributed by atoms with E-state index in [1.807, 2.05) is 37.3 Å². The predicted octanol–water partition coefficient (Wildman–Crippen LogP) is 5.02. The molecule has 0 spiro atoms. The summed E-state index contributed by atoms with van der Waals surface area (Å²) in [7, 11) is 0. The van der Waals surface area contributed by atoms with Crippen LogP contribution in [0.2, 0.25) is 5.02 Å². The van der Waals surface area contributed by atoms with Crippen LogP contribution in [0.5, 0.6) is 5.75 Å². The molecule has 6 heteroatoms. The first kappa shape index (κ1) is 20.4. The Morgan fingerprint density at radius 2 is 1.69 bits per heavy atom. The molecule has 1 amide bonds. The SMILES string of the molecule is Cc1cc(Cl)ccc1OCC(=O)OCc1ccc(C(=O)Nc2ccccc2)cc1. The molecule has 3 aromatic rings. The van der Waals surface area contributed by atoms with E-state index in [4.69, 9.17) is 21.1 Å². The lowest BCUT2D eigenvalue weighted by atomic mass is 10.1. The quantitative estimate of drug-likeness (QED) is 0.556. The fraction of sp³-hybridized carbons (Fsp3) is 0.130. The lowest BCUT2D eigenvalue weighted by molar-refractivity contribution is -0.147. The number of carbonyl (C=O) groups excluding carboxylic acids is 2. The number of para-hydroxylation sites is 1. The van der Waals surface area contributed by atoms with Crippen LogP contribution in [0.1, 0.15) is 21.5 Å². The summed E-state index contributed by atoms with van der Waals surface area (Å²) in [6, 6.07) is 21.3. The first-order valence-corrected chi connectivity index (χ1v) is 9.39. The van der Waals surface area contributed by atoms with E-state index in [0.29, 0.717) is 16.3 Å². The molecule has 29 heavy (non-hydrogen) atoms. The molecule has 0 bridgehead atoms. The second-order valence-electron chi connectivity index (χ2n) is 6.38. The van der Waals surface area contributed by atoms with Crippen molar-refractivity contribution in [1.82, 2.24) is 0 Å². The number of rotatable bonds is 7. The zero-order valence-corrected chi connectivity index (χ0v) is 16.6. The molecule has 0 aliphatic carbocycles. The summed E-state index contributed by atoms with van der Waals surface area (Å²) in [5, 5.41) is 3.43. The minimum atomic E-state index is -0.481. The molecule has 0 aromatic heterocycles. The number of hydrogen-bond acceptors (Lipinski definition) is 4. The minimum Gasteiger partial charge on any atom is -0.482 e. The maximum Gasteiger partial charge on any atom is 0.344 e. The van der Waals surface area contributed by atoms with Crippen molar-refractivity contribution < 1.29 is 19.1 Å². The normalized spacial score (nSPS) is 10.3. The number of esters is 1. The Kier molecular flexibility index (Phi) is 6.87. The summed E-state index contributed by atoms with van der Waals surface area (Å²) in [5.41, 5.74) is 2.86. The molecular formula is C23H20ClNO4. The topological polar surface area (TPSA) is 64.6 Å². The van der Waals surface area contributed by atoms with E-state index in [0.717, 1.165) is 16.8 Å². The van der Waals surface area contributed by atoms with Crippen molar-refractivity contribution in [2.45, 2.75) is 13.5 Å². The number of nitrogens with one attached hydrogen (secondary N) is 1. The molecule has 0 aliphatic rings. The third kappa shape index (κ3) is 6.09. The van der Waals surface area contributed by atoms with Gasteiger partial charge in [-0.05, 0) is 60.5 Å². The van der Waals surface area contributed by atoms with Crippen molar-refractivity contribution in [3.05, 3.63) is 94.5 Å². The Labute approximate surface area is 174 Å². The zero-order valence-electron chi connectivity index (χ0n) is 15.9. The number of hydrogen-bond donors (Lipinski definition) is 1. The number of carbonyl (C=O) groups is 2. The van der Waals surface area contributed by atoms with Crippen molar-refractivity contribution in [2.75, 3.05) is 11.9 Å². The summed E-state index contributed by atoms with van der Waals surface area (Å²) in [5.74, 6) is -0.100. The van der Waals surface area contributed by atoms with Crippen LogP contribution in [-0.2, 0) is 16.1 Å². The van der Waals surface area contributed by atoms with Crippen LogP contribution in [0.25, 0.3) is 0 Å². The van der Waals surface area contributed by atoms with Crippen molar-refractivity contribution in [2.24, 2.45) is 0 Å². The molecular weight excluding hydrogens is 390 g/mol. The van der Waals surface area contributed by atoms with Gasteiger partial charge in [0.1, 0.15) is 12.4 Å². The van der Waals surface area contributed by atoms with Crippen molar-refractivity contribution in [3.63, 3.8) is 0 Å². The van der Waals surface area contributed by atoms with Crippen LogP contribution < -0.4 is 10.1 Å². The molecule has 0 aliphatic heterocycles. The van der Waals surface area contributed by atoms with Gasteiger partial charge in [-0.25, -0.2) is 4.79 Å². The lowest BCUT2D eigenvalue weighted by Crippen LogP contribution is -2.15. The van der Waals surface area contributed by atoms with Crippen LogP contribution in [0.4, 0.5) is 5.69 Å². The van der Waals surface area contributed by atoms with E-state index in [1.54, 1.807) is 42.5 Å². The number of benzene rings is 3. The van der Waals surface area contributed by atoms with Crippen LogP contribution in [-0.4, -0.2) is 18.5 Å². The van der Waals surface area contributed by atoms with Gasteiger partial charge in [0.05, 0.1) is 0 Å². The standard InChI is InChI=1S/C23H20ClNO4/c1-16-13-19(24)11-12-21(16)28-15-22(26)29-14-17-7-9-18(10-8-17)23(27)25-20-5-3-2-4-6-20/h2-13H,14-15H2,1H3,(H,25,27). The molecule has 0 heterocycles. The molecule has 0 fully saturated rings. The monoisotopic (exact) mass is 409 g/mol.